The van der Waals surface area contributed by atoms with Crippen molar-refractivity contribution in [1.82, 2.24) is 5.32 Å². The van der Waals surface area contributed by atoms with E-state index in [0.717, 1.165) is 12.5 Å². The van der Waals surface area contributed by atoms with Crippen LogP contribution in [0.15, 0.2) is 6.07 Å². The average Bonchev–Trinajstić information content (AvgIpc) is 2.60. The third kappa shape index (κ3) is 4.06. The number of rotatable bonds is 5. The van der Waals surface area contributed by atoms with Gasteiger partial charge >= 0.3 is 0 Å². The highest BCUT2D eigenvalue weighted by Crippen LogP contribution is 2.37. The van der Waals surface area contributed by atoms with Crippen molar-refractivity contribution in [2.75, 3.05) is 6.54 Å². The molecule has 1 aromatic rings. The molecule has 1 aliphatic rings. The van der Waals surface area contributed by atoms with Crippen LogP contribution < -0.4 is 5.32 Å². The molecule has 1 aromatic heterocycles. The second kappa shape index (κ2) is 7.44. The van der Waals surface area contributed by atoms with Crippen molar-refractivity contribution in [2.24, 2.45) is 5.92 Å². The highest BCUT2D eigenvalue weighted by molar-refractivity contribution is 7.12. The number of aryl methyl sites for hydroxylation is 2. The van der Waals surface area contributed by atoms with E-state index in [4.69, 9.17) is 0 Å². The van der Waals surface area contributed by atoms with Crippen LogP contribution in [0.2, 0.25) is 0 Å². The monoisotopic (exact) mass is 279 g/mol. The van der Waals surface area contributed by atoms with E-state index in [0.29, 0.717) is 6.04 Å². The lowest BCUT2D eigenvalue weighted by Gasteiger charge is -2.27. The standard InChI is InChI=1S/C17H29NS/c1-4-11-18-17(15-9-7-5-6-8-10-15)16-12-13(2)19-14(16)3/h12,15,17-18H,4-11H2,1-3H3. The summed E-state index contributed by atoms with van der Waals surface area (Å²) in [7, 11) is 0. The number of nitrogens with one attached hydrogen (secondary N) is 1. The highest BCUT2D eigenvalue weighted by Gasteiger charge is 2.25. The summed E-state index contributed by atoms with van der Waals surface area (Å²) in [6.45, 7) is 7.95. The Hall–Kier alpha value is -0.340. The van der Waals surface area contributed by atoms with Crippen LogP contribution in [0.1, 0.15) is 73.2 Å². The summed E-state index contributed by atoms with van der Waals surface area (Å²) in [4.78, 5) is 2.99. The molecule has 1 N–H and O–H groups in total. The molecule has 0 aliphatic heterocycles. The summed E-state index contributed by atoms with van der Waals surface area (Å²) in [5.74, 6) is 0.849. The second-order valence-corrected chi connectivity index (χ2v) is 7.51. The molecular formula is C17H29NS. The Morgan fingerprint density at radius 2 is 1.89 bits per heavy atom. The lowest BCUT2D eigenvalue weighted by Crippen LogP contribution is -2.29. The van der Waals surface area contributed by atoms with E-state index < -0.39 is 0 Å². The molecule has 1 nitrogen and oxygen atoms in total. The van der Waals surface area contributed by atoms with E-state index in [1.807, 2.05) is 11.3 Å². The highest BCUT2D eigenvalue weighted by atomic mass is 32.1. The maximum Gasteiger partial charge on any atom is 0.0359 e. The molecule has 1 aliphatic carbocycles. The first kappa shape index (κ1) is 15.1. The summed E-state index contributed by atoms with van der Waals surface area (Å²) in [6.07, 6.45) is 9.79. The van der Waals surface area contributed by atoms with Gasteiger partial charge in [0.15, 0.2) is 0 Å². The molecule has 108 valence electrons. The minimum Gasteiger partial charge on any atom is -0.310 e. The lowest BCUT2D eigenvalue weighted by atomic mass is 9.87. The normalized spacial score (nSPS) is 19.3. The summed E-state index contributed by atoms with van der Waals surface area (Å²) >= 11 is 1.96. The molecule has 0 amide bonds. The number of hydrogen-bond donors (Lipinski definition) is 1. The van der Waals surface area contributed by atoms with Gasteiger partial charge in [0.2, 0.25) is 0 Å². The van der Waals surface area contributed by atoms with Gasteiger partial charge in [-0.2, -0.15) is 0 Å². The second-order valence-electron chi connectivity index (χ2n) is 6.05. The Labute approximate surface area is 122 Å². The minimum absolute atomic E-state index is 0.600. The van der Waals surface area contributed by atoms with E-state index in [1.165, 1.54) is 54.7 Å². The molecule has 0 saturated heterocycles. The van der Waals surface area contributed by atoms with Crippen LogP contribution >= 0.6 is 11.3 Å². The van der Waals surface area contributed by atoms with E-state index in [9.17, 15) is 0 Å². The molecule has 1 atom stereocenters. The van der Waals surface area contributed by atoms with E-state index in [2.05, 4.69) is 32.2 Å². The fraction of sp³-hybridized carbons (Fsp3) is 0.765. The van der Waals surface area contributed by atoms with Gasteiger partial charge in [0.05, 0.1) is 0 Å². The summed E-state index contributed by atoms with van der Waals surface area (Å²) in [6, 6.07) is 3.03. The van der Waals surface area contributed by atoms with Gasteiger partial charge in [-0.3, -0.25) is 0 Å². The molecule has 0 aromatic carbocycles. The van der Waals surface area contributed by atoms with Gasteiger partial charge in [-0.05, 0) is 57.2 Å². The molecule has 1 heterocycles. The molecule has 2 rings (SSSR count). The Bertz CT molecular complexity index is 375. The van der Waals surface area contributed by atoms with Crippen LogP contribution in [0.4, 0.5) is 0 Å². The van der Waals surface area contributed by atoms with Crippen LogP contribution in [-0.4, -0.2) is 6.54 Å². The molecule has 1 fully saturated rings. The maximum atomic E-state index is 3.84. The molecule has 1 unspecified atom stereocenters. The first-order valence-electron chi connectivity index (χ1n) is 8.02. The topological polar surface area (TPSA) is 12.0 Å². The van der Waals surface area contributed by atoms with Gasteiger partial charge in [0, 0.05) is 15.8 Å². The summed E-state index contributed by atoms with van der Waals surface area (Å²) in [5, 5.41) is 3.84. The first-order valence-corrected chi connectivity index (χ1v) is 8.84. The molecule has 1 saturated carbocycles. The third-order valence-electron chi connectivity index (χ3n) is 4.40. The fourth-order valence-corrected chi connectivity index (χ4v) is 4.41. The zero-order chi connectivity index (χ0) is 13.7. The van der Waals surface area contributed by atoms with Crippen molar-refractivity contribution in [3.63, 3.8) is 0 Å². The van der Waals surface area contributed by atoms with Crippen LogP contribution in [0.3, 0.4) is 0 Å². The smallest absolute Gasteiger partial charge is 0.0359 e. The predicted molar refractivity (Wildman–Crippen MR) is 86.0 cm³/mol. The summed E-state index contributed by atoms with van der Waals surface area (Å²) < 4.78 is 0. The predicted octanol–water partition coefficient (Wildman–Crippen LogP) is 5.38. The van der Waals surface area contributed by atoms with Crippen molar-refractivity contribution in [1.29, 1.82) is 0 Å². The number of hydrogen-bond acceptors (Lipinski definition) is 2. The molecule has 19 heavy (non-hydrogen) atoms. The van der Waals surface area contributed by atoms with Crippen LogP contribution in [0, 0.1) is 19.8 Å². The largest absolute Gasteiger partial charge is 0.310 e. The number of thiophene rings is 1. The maximum absolute atomic E-state index is 3.84. The van der Waals surface area contributed by atoms with E-state index in [-0.39, 0.29) is 0 Å². The van der Waals surface area contributed by atoms with Crippen LogP contribution in [-0.2, 0) is 0 Å². The van der Waals surface area contributed by atoms with Crippen molar-refractivity contribution in [2.45, 2.75) is 71.8 Å². The minimum atomic E-state index is 0.600. The molecule has 0 spiro atoms. The quantitative estimate of drug-likeness (QED) is 0.714. The molecule has 2 heteroatoms. The average molecular weight is 279 g/mol. The Balaban J connectivity index is 2.16. The molecule has 0 bridgehead atoms. The lowest BCUT2D eigenvalue weighted by molar-refractivity contribution is 0.325. The fourth-order valence-electron chi connectivity index (χ4n) is 3.43. The SMILES string of the molecule is CCCNC(c1cc(C)sc1C)C1CCCCCC1. The van der Waals surface area contributed by atoms with Crippen molar-refractivity contribution >= 4 is 11.3 Å². The Kier molecular flexibility index (Phi) is 5.90. The van der Waals surface area contributed by atoms with Gasteiger partial charge in [-0.15, -0.1) is 11.3 Å². The van der Waals surface area contributed by atoms with Crippen LogP contribution in [0.5, 0.6) is 0 Å². The Morgan fingerprint density at radius 3 is 2.42 bits per heavy atom. The van der Waals surface area contributed by atoms with Gasteiger partial charge in [0.25, 0.3) is 0 Å². The van der Waals surface area contributed by atoms with Crippen LogP contribution in [0.25, 0.3) is 0 Å². The van der Waals surface area contributed by atoms with Gasteiger partial charge in [-0.25, -0.2) is 0 Å². The first-order chi connectivity index (χ1) is 9.22. The van der Waals surface area contributed by atoms with Gasteiger partial charge in [0.1, 0.15) is 0 Å². The zero-order valence-corrected chi connectivity index (χ0v) is 13.6. The zero-order valence-electron chi connectivity index (χ0n) is 12.8. The van der Waals surface area contributed by atoms with E-state index >= 15 is 0 Å². The van der Waals surface area contributed by atoms with Crippen molar-refractivity contribution in [3.05, 3.63) is 21.4 Å². The van der Waals surface area contributed by atoms with Crippen molar-refractivity contribution < 1.29 is 0 Å². The third-order valence-corrected chi connectivity index (χ3v) is 5.38. The molecular weight excluding hydrogens is 250 g/mol. The summed E-state index contributed by atoms with van der Waals surface area (Å²) in [5.41, 5.74) is 1.59. The Morgan fingerprint density at radius 1 is 1.21 bits per heavy atom. The van der Waals surface area contributed by atoms with E-state index in [1.54, 1.807) is 5.56 Å². The molecule has 0 radical (unpaired) electrons. The van der Waals surface area contributed by atoms with Crippen molar-refractivity contribution in [3.8, 4) is 0 Å². The van der Waals surface area contributed by atoms with Gasteiger partial charge < -0.3 is 5.32 Å². The van der Waals surface area contributed by atoms with Gasteiger partial charge in [-0.1, -0.05) is 32.6 Å².